The average Bonchev–Trinajstić information content (AvgIpc) is 2.30. The normalized spacial score (nSPS) is 26.6. The number of hydrogen-bond donors (Lipinski definition) is 0. The molecule has 0 amide bonds. The molecule has 3 nitrogen and oxygen atoms in total. The van der Waals surface area contributed by atoms with Gasteiger partial charge in [0.15, 0.2) is 0 Å². The van der Waals surface area contributed by atoms with Crippen LogP contribution in [0.5, 0.6) is 0 Å². The number of carbonyl (C=O) groups excluding carboxylic acids is 1. The fraction of sp³-hybridized carbons (Fsp3) is 0.769. The minimum atomic E-state index is -0.277. The zero-order valence-corrected chi connectivity index (χ0v) is 10.5. The van der Waals surface area contributed by atoms with E-state index < -0.39 is 0 Å². The summed E-state index contributed by atoms with van der Waals surface area (Å²) in [7, 11) is 1.39. The summed E-state index contributed by atoms with van der Waals surface area (Å²) in [4.78, 5) is 11.1. The molecule has 0 N–H and O–H groups in total. The highest BCUT2D eigenvalue weighted by atomic mass is 16.5. The fourth-order valence-electron chi connectivity index (χ4n) is 1.95. The minimum absolute atomic E-state index is 0.277. The highest BCUT2D eigenvalue weighted by molar-refractivity contribution is 5.87. The van der Waals surface area contributed by atoms with Crippen molar-refractivity contribution in [2.45, 2.75) is 45.6 Å². The number of ether oxygens (including phenoxy) is 2. The fourth-order valence-corrected chi connectivity index (χ4v) is 1.95. The summed E-state index contributed by atoms with van der Waals surface area (Å²) in [6, 6.07) is 0. The Morgan fingerprint density at radius 3 is 2.50 bits per heavy atom. The molecule has 0 aromatic carbocycles. The van der Waals surface area contributed by atoms with Gasteiger partial charge in [-0.2, -0.15) is 0 Å². The van der Waals surface area contributed by atoms with E-state index in [0.717, 1.165) is 18.8 Å². The molecule has 0 unspecified atom stereocenters. The maximum absolute atomic E-state index is 11.1. The smallest absolute Gasteiger partial charge is 0.333 e. The summed E-state index contributed by atoms with van der Waals surface area (Å²) in [6.07, 6.45) is 6.97. The van der Waals surface area contributed by atoms with Crippen LogP contribution in [-0.4, -0.2) is 25.8 Å². The summed E-state index contributed by atoms with van der Waals surface area (Å²) in [5, 5.41) is 0. The first kappa shape index (κ1) is 13.2. The molecule has 3 heteroatoms. The van der Waals surface area contributed by atoms with E-state index in [1.165, 1.54) is 20.0 Å². The van der Waals surface area contributed by atoms with Crippen LogP contribution in [0.25, 0.3) is 0 Å². The van der Waals surface area contributed by atoms with Gasteiger partial charge < -0.3 is 9.47 Å². The zero-order valence-electron chi connectivity index (χ0n) is 10.5. The molecular formula is C13H22O3. The number of hydrogen-bond acceptors (Lipinski definition) is 3. The molecular weight excluding hydrogens is 204 g/mol. The van der Waals surface area contributed by atoms with Gasteiger partial charge in [-0.25, -0.2) is 4.79 Å². The van der Waals surface area contributed by atoms with Crippen molar-refractivity contribution in [3.8, 4) is 0 Å². The van der Waals surface area contributed by atoms with Gasteiger partial charge in [-0.3, -0.25) is 0 Å². The Labute approximate surface area is 97.8 Å². The van der Waals surface area contributed by atoms with Crippen molar-refractivity contribution in [2.75, 3.05) is 13.7 Å². The lowest BCUT2D eigenvalue weighted by Gasteiger charge is -2.25. The van der Waals surface area contributed by atoms with Crippen LogP contribution in [0.4, 0.5) is 0 Å². The van der Waals surface area contributed by atoms with Gasteiger partial charge >= 0.3 is 5.97 Å². The van der Waals surface area contributed by atoms with Gasteiger partial charge in [-0.05, 0) is 44.6 Å². The maximum Gasteiger partial charge on any atom is 0.333 e. The first-order valence-corrected chi connectivity index (χ1v) is 6.00. The molecule has 0 aliphatic heterocycles. The summed E-state index contributed by atoms with van der Waals surface area (Å²) in [5.74, 6) is 0.563. The molecule has 1 saturated carbocycles. The van der Waals surface area contributed by atoms with Gasteiger partial charge in [-0.1, -0.05) is 6.92 Å². The molecule has 92 valence electrons. The van der Waals surface area contributed by atoms with Crippen LogP contribution in [0.1, 0.15) is 39.5 Å². The summed E-state index contributed by atoms with van der Waals surface area (Å²) < 4.78 is 10.3. The Hall–Kier alpha value is -0.830. The van der Waals surface area contributed by atoms with Crippen LogP contribution in [0.2, 0.25) is 0 Å². The highest BCUT2D eigenvalue weighted by Gasteiger charge is 2.18. The number of carbonyl (C=O) groups is 1. The van der Waals surface area contributed by atoms with E-state index in [1.54, 1.807) is 13.0 Å². The molecule has 0 aromatic rings. The van der Waals surface area contributed by atoms with Gasteiger partial charge in [0, 0.05) is 5.57 Å². The average molecular weight is 226 g/mol. The maximum atomic E-state index is 11.1. The SMILES string of the molecule is COC(=O)C(C)=CCOC1CCC(C)CC1. The third-order valence-corrected chi connectivity index (χ3v) is 3.19. The number of esters is 1. The second-order valence-corrected chi connectivity index (χ2v) is 4.59. The van der Waals surface area contributed by atoms with Gasteiger partial charge in [0.25, 0.3) is 0 Å². The highest BCUT2D eigenvalue weighted by Crippen LogP contribution is 2.25. The predicted molar refractivity (Wildman–Crippen MR) is 63.1 cm³/mol. The van der Waals surface area contributed by atoms with Crippen molar-refractivity contribution in [1.82, 2.24) is 0 Å². The number of rotatable bonds is 4. The second-order valence-electron chi connectivity index (χ2n) is 4.59. The molecule has 1 rings (SSSR count). The van der Waals surface area contributed by atoms with Crippen LogP contribution in [0.3, 0.4) is 0 Å². The van der Waals surface area contributed by atoms with Crippen molar-refractivity contribution < 1.29 is 14.3 Å². The molecule has 16 heavy (non-hydrogen) atoms. The monoisotopic (exact) mass is 226 g/mol. The molecule has 0 saturated heterocycles. The lowest BCUT2D eigenvalue weighted by Crippen LogP contribution is -2.20. The molecule has 1 aliphatic rings. The molecule has 0 atom stereocenters. The lowest BCUT2D eigenvalue weighted by molar-refractivity contribution is -0.136. The van der Waals surface area contributed by atoms with E-state index in [-0.39, 0.29) is 5.97 Å². The van der Waals surface area contributed by atoms with Crippen molar-refractivity contribution in [3.63, 3.8) is 0 Å². The van der Waals surface area contributed by atoms with Crippen LogP contribution >= 0.6 is 0 Å². The van der Waals surface area contributed by atoms with E-state index in [1.807, 2.05) is 0 Å². The lowest BCUT2D eigenvalue weighted by atomic mass is 9.89. The van der Waals surface area contributed by atoms with Crippen molar-refractivity contribution in [3.05, 3.63) is 11.6 Å². The third-order valence-electron chi connectivity index (χ3n) is 3.19. The van der Waals surface area contributed by atoms with E-state index in [9.17, 15) is 4.79 Å². The molecule has 1 aliphatic carbocycles. The Bertz CT molecular complexity index is 250. The van der Waals surface area contributed by atoms with E-state index in [2.05, 4.69) is 11.7 Å². The largest absolute Gasteiger partial charge is 0.466 e. The summed E-state index contributed by atoms with van der Waals surface area (Å²) in [5.41, 5.74) is 0.617. The van der Waals surface area contributed by atoms with Crippen molar-refractivity contribution in [2.24, 2.45) is 5.92 Å². The Kier molecular flexibility index (Phi) is 5.53. The summed E-state index contributed by atoms with van der Waals surface area (Å²) in [6.45, 7) is 4.55. The van der Waals surface area contributed by atoms with E-state index >= 15 is 0 Å². The Morgan fingerprint density at radius 2 is 1.94 bits per heavy atom. The molecule has 0 heterocycles. The van der Waals surface area contributed by atoms with E-state index in [0.29, 0.717) is 18.3 Å². The van der Waals surface area contributed by atoms with Crippen LogP contribution < -0.4 is 0 Å². The Balaban J connectivity index is 2.22. The number of methoxy groups -OCH3 is 1. The van der Waals surface area contributed by atoms with E-state index in [4.69, 9.17) is 4.74 Å². The standard InChI is InChI=1S/C13H22O3/c1-10-4-6-12(7-5-10)16-9-8-11(2)13(14)15-3/h8,10,12H,4-7,9H2,1-3H3. The van der Waals surface area contributed by atoms with Crippen LogP contribution in [0, 0.1) is 5.92 Å². The quantitative estimate of drug-likeness (QED) is 0.546. The molecule has 0 spiro atoms. The Morgan fingerprint density at radius 1 is 1.31 bits per heavy atom. The second kappa shape index (κ2) is 6.69. The molecule has 1 fully saturated rings. The third kappa shape index (κ3) is 4.35. The predicted octanol–water partition coefficient (Wildman–Crippen LogP) is 2.70. The van der Waals surface area contributed by atoms with Gasteiger partial charge in [0.1, 0.15) is 0 Å². The minimum Gasteiger partial charge on any atom is -0.466 e. The van der Waals surface area contributed by atoms with Gasteiger partial charge in [0.05, 0.1) is 19.8 Å². The molecule has 0 aromatic heterocycles. The van der Waals surface area contributed by atoms with Crippen LogP contribution in [0.15, 0.2) is 11.6 Å². The molecule has 0 bridgehead atoms. The van der Waals surface area contributed by atoms with Crippen molar-refractivity contribution in [1.29, 1.82) is 0 Å². The first-order chi connectivity index (χ1) is 7.63. The van der Waals surface area contributed by atoms with Gasteiger partial charge in [-0.15, -0.1) is 0 Å². The zero-order chi connectivity index (χ0) is 12.0. The molecule has 0 radical (unpaired) electrons. The summed E-state index contributed by atoms with van der Waals surface area (Å²) >= 11 is 0. The van der Waals surface area contributed by atoms with Crippen LogP contribution in [-0.2, 0) is 14.3 Å². The van der Waals surface area contributed by atoms with Gasteiger partial charge in [0.2, 0.25) is 0 Å². The van der Waals surface area contributed by atoms with Crippen molar-refractivity contribution >= 4 is 5.97 Å². The topological polar surface area (TPSA) is 35.5 Å². The first-order valence-electron chi connectivity index (χ1n) is 6.00.